The number of ether oxygens (including phenoxy) is 1. The largest absolute Gasteiger partial charge is 0.458 e. The summed E-state index contributed by atoms with van der Waals surface area (Å²) in [5.41, 5.74) is -0.576. The molecule has 1 rings (SSSR count). The first-order chi connectivity index (χ1) is 10.6. The molecule has 23 heavy (non-hydrogen) atoms. The highest BCUT2D eigenvalue weighted by atomic mass is 16.6. The Morgan fingerprint density at radius 1 is 1.48 bits per heavy atom. The van der Waals surface area contributed by atoms with Gasteiger partial charge in [-0.1, -0.05) is 6.92 Å². The number of aliphatic imine (C=N–C) groups is 1. The van der Waals surface area contributed by atoms with Gasteiger partial charge in [0.25, 0.3) is 0 Å². The van der Waals surface area contributed by atoms with Gasteiger partial charge in [0.1, 0.15) is 11.6 Å². The molecule has 1 saturated heterocycles. The van der Waals surface area contributed by atoms with Gasteiger partial charge in [0, 0.05) is 33.0 Å². The van der Waals surface area contributed by atoms with Crippen molar-refractivity contribution in [3.05, 3.63) is 0 Å². The Labute approximate surface area is 138 Å². The van der Waals surface area contributed by atoms with Crippen molar-refractivity contribution < 1.29 is 14.3 Å². The predicted molar refractivity (Wildman–Crippen MR) is 90.4 cm³/mol. The zero-order valence-electron chi connectivity index (χ0n) is 15.0. The van der Waals surface area contributed by atoms with Crippen LogP contribution in [0.3, 0.4) is 0 Å². The maximum absolute atomic E-state index is 12.4. The first-order valence-corrected chi connectivity index (χ1v) is 7.84. The molecule has 1 fully saturated rings. The topological polar surface area (TPSA) is 74.6 Å². The quantitative estimate of drug-likeness (QED) is 0.333. The van der Waals surface area contributed by atoms with E-state index in [9.17, 15) is 9.59 Å². The SMILES string of the molecule is C=N/C(=N\N(C)C)C1CC(=O)N(C(CC)C(=O)OC(C)(C)C)C1. The van der Waals surface area contributed by atoms with Crippen molar-refractivity contribution >= 4 is 24.4 Å². The van der Waals surface area contributed by atoms with Crippen LogP contribution in [0, 0.1) is 5.92 Å². The van der Waals surface area contributed by atoms with Gasteiger partial charge < -0.3 is 14.6 Å². The second-order valence-corrected chi connectivity index (χ2v) is 6.87. The molecule has 2 unspecified atom stereocenters. The Bertz CT molecular complexity index is 494. The van der Waals surface area contributed by atoms with E-state index >= 15 is 0 Å². The normalized spacial score (nSPS) is 20.4. The lowest BCUT2D eigenvalue weighted by molar-refractivity contribution is -0.163. The van der Waals surface area contributed by atoms with Crippen molar-refractivity contribution in [3.8, 4) is 0 Å². The molecular weight excluding hydrogens is 296 g/mol. The van der Waals surface area contributed by atoms with Crippen LogP contribution in [0.1, 0.15) is 40.5 Å². The Kier molecular flexibility index (Phi) is 6.29. The Morgan fingerprint density at radius 2 is 2.09 bits per heavy atom. The van der Waals surface area contributed by atoms with Gasteiger partial charge in [0.15, 0.2) is 5.84 Å². The summed E-state index contributed by atoms with van der Waals surface area (Å²) in [6.45, 7) is 11.2. The van der Waals surface area contributed by atoms with Crippen molar-refractivity contribution in [3.63, 3.8) is 0 Å². The number of amides is 1. The average molecular weight is 324 g/mol. The van der Waals surface area contributed by atoms with Crippen LogP contribution in [0.15, 0.2) is 10.1 Å². The van der Waals surface area contributed by atoms with E-state index in [4.69, 9.17) is 4.74 Å². The third-order valence-corrected chi connectivity index (χ3v) is 3.43. The molecular formula is C16H28N4O3. The van der Waals surface area contributed by atoms with E-state index in [1.807, 2.05) is 27.7 Å². The van der Waals surface area contributed by atoms with Crippen molar-refractivity contribution in [2.24, 2.45) is 16.0 Å². The molecule has 7 heteroatoms. The zero-order chi connectivity index (χ0) is 17.8. The van der Waals surface area contributed by atoms with Gasteiger partial charge in [-0.2, -0.15) is 5.10 Å². The number of hydrazone groups is 1. The summed E-state index contributed by atoms with van der Waals surface area (Å²) >= 11 is 0. The summed E-state index contributed by atoms with van der Waals surface area (Å²) in [7, 11) is 3.57. The summed E-state index contributed by atoms with van der Waals surface area (Å²) in [4.78, 5) is 30.2. The average Bonchev–Trinajstić information content (AvgIpc) is 2.76. The molecule has 1 aliphatic rings. The first kappa shape index (κ1) is 19.1. The van der Waals surface area contributed by atoms with Crippen molar-refractivity contribution in [1.82, 2.24) is 9.91 Å². The lowest BCUT2D eigenvalue weighted by Crippen LogP contribution is -2.45. The fourth-order valence-corrected chi connectivity index (χ4v) is 2.54. The molecule has 2 atom stereocenters. The van der Waals surface area contributed by atoms with Gasteiger partial charge in [-0.15, -0.1) is 0 Å². The molecule has 0 aromatic carbocycles. The molecule has 1 heterocycles. The summed E-state index contributed by atoms with van der Waals surface area (Å²) in [6.07, 6.45) is 0.792. The van der Waals surface area contributed by atoms with E-state index in [2.05, 4.69) is 16.8 Å². The van der Waals surface area contributed by atoms with E-state index < -0.39 is 11.6 Å². The number of rotatable bonds is 5. The van der Waals surface area contributed by atoms with Crippen LogP contribution in [0.4, 0.5) is 0 Å². The monoisotopic (exact) mass is 324 g/mol. The molecule has 0 N–H and O–H groups in total. The molecule has 0 aromatic heterocycles. The van der Waals surface area contributed by atoms with E-state index in [0.29, 0.717) is 18.8 Å². The number of hydrogen-bond acceptors (Lipinski definition) is 5. The number of hydrogen-bond donors (Lipinski definition) is 0. The molecule has 0 aromatic rings. The van der Waals surface area contributed by atoms with Crippen LogP contribution in [0.25, 0.3) is 0 Å². The van der Waals surface area contributed by atoms with Gasteiger partial charge in [0.05, 0.1) is 0 Å². The van der Waals surface area contributed by atoms with E-state index in [0.717, 1.165) is 0 Å². The second kappa shape index (κ2) is 7.57. The molecule has 0 spiro atoms. The smallest absolute Gasteiger partial charge is 0.329 e. The molecule has 0 aliphatic carbocycles. The Hall–Kier alpha value is -1.92. The first-order valence-electron chi connectivity index (χ1n) is 7.84. The minimum absolute atomic E-state index is 0.0807. The van der Waals surface area contributed by atoms with Gasteiger partial charge in [-0.25, -0.2) is 9.79 Å². The highest BCUT2D eigenvalue weighted by Gasteiger charge is 2.40. The van der Waals surface area contributed by atoms with Crippen molar-refractivity contribution in [2.45, 2.75) is 52.2 Å². The van der Waals surface area contributed by atoms with Gasteiger partial charge in [-0.3, -0.25) is 4.79 Å². The van der Waals surface area contributed by atoms with Crippen LogP contribution < -0.4 is 0 Å². The molecule has 130 valence electrons. The van der Waals surface area contributed by atoms with Crippen LogP contribution in [-0.2, 0) is 14.3 Å². The maximum Gasteiger partial charge on any atom is 0.329 e. The van der Waals surface area contributed by atoms with E-state index in [-0.39, 0.29) is 24.2 Å². The number of carbonyl (C=O) groups excluding carboxylic acids is 2. The number of esters is 1. The molecule has 0 bridgehead atoms. The van der Waals surface area contributed by atoms with Gasteiger partial charge in [-0.05, 0) is 33.9 Å². The molecule has 1 aliphatic heterocycles. The zero-order valence-corrected chi connectivity index (χ0v) is 15.0. The van der Waals surface area contributed by atoms with Crippen LogP contribution in [0.5, 0.6) is 0 Å². The highest BCUT2D eigenvalue weighted by Crippen LogP contribution is 2.25. The Morgan fingerprint density at radius 3 is 2.52 bits per heavy atom. The number of carbonyl (C=O) groups is 2. The standard InChI is InChI=1S/C16H28N4O3/c1-8-12(15(22)23-16(2,3)4)20-10-11(9-13(20)21)14(17-5)18-19(6)7/h11-12H,5,8-10H2,1-4,6-7H3/b18-14-. The molecule has 0 radical (unpaired) electrons. The fourth-order valence-electron chi connectivity index (χ4n) is 2.54. The third-order valence-electron chi connectivity index (χ3n) is 3.43. The Balaban J connectivity index is 2.90. The fraction of sp³-hybridized carbons (Fsp3) is 0.750. The highest BCUT2D eigenvalue weighted by molar-refractivity contribution is 5.95. The molecule has 7 nitrogen and oxygen atoms in total. The van der Waals surface area contributed by atoms with Crippen molar-refractivity contribution in [2.75, 3.05) is 20.6 Å². The van der Waals surface area contributed by atoms with Gasteiger partial charge >= 0.3 is 5.97 Å². The van der Waals surface area contributed by atoms with Crippen LogP contribution >= 0.6 is 0 Å². The molecule has 1 amide bonds. The van der Waals surface area contributed by atoms with E-state index in [1.54, 1.807) is 24.0 Å². The lowest BCUT2D eigenvalue weighted by atomic mass is 10.1. The summed E-state index contributed by atoms with van der Waals surface area (Å²) in [5, 5.41) is 5.89. The van der Waals surface area contributed by atoms with Crippen molar-refractivity contribution in [1.29, 1.82) is 0 Å². The van der Waals surface area contributed by atoms with Crippen LogP contribution in [-0.4, -0.2) is 66.6 Å². The van der Waals surface area contributed by atoms with Gasteiger partial charge in [0.2, 0.25) is 5.91 Å². The third kappa shape index (κ3) is 5.33. The lowest BCUT2D eigenvalue weighted by Gasteiger charge is -2.29. The van der Waals surface area contributed by atoms with E-state index in [1.165, 1.54) is 0 Å². The summed E-state index contributed by atoms with van der Waals surface area (Å²) < 4.78 is 5.43. The number of likely N-dealkylation sites (tertiary alicyclic amines) is 1. The summed E-state index contributed by atoms with van der Waals surface area (Å²) in [5.74, 6) is -0.0849. The minimum Gasteiger partial charge on any atom is -0.458 e. The minimum atomic E-state index is -0.576. The number of amidine groups is 1. The predicted octanol–water partition coefficient (Wildman–Crippen LogP) is 1.53. The van der Waals surface area contributed by atoms with Crippen LogP contribution in [0.2, 0.25) is 0 Å². The molecule has 0 saturated carbocycles. The summed E-state index contributed by atoms with van der Waals surface area (Å²) in [6, 6.07) is -0.572. The number of nitrogens with zero attached hydrogens (tertiary/aromatic N) is 4. The maximum atomic E-state index is 12.4. The second-order valence-electron chi connectivity index (χ2n) is 6.87.